The Bertz CT molecular complexity index is 558. The van der Waals surface area contributed by atoms with Gasteiger partial charge in [-0.05, 0) is 18.6 Å². The van der Waals surface area contributed by atoms with Gasteiger partial charge in [-0.1, -0.05) is 23.4 Å². The van der Waals surface area contributed by atoms with Crippen molar-refractivity contribution >= 4 is 5.91 Å². The molecule has 1 saturated heterocycles. The van der Waals surface area contributed by atoms with Crippen LogP contribution in [-0.4, -0.2) is 38.9 Å². The van der Waals surface area contributed by atoms with Crippen LogP contribution in [0.2, 0.25) is 0 Å². The molecule has 3 rings (SSSR count). The van der Waals surface area contributed by atoms with E-state index in [1.165, 1.54) is 0 Å². The van der Waals surface area contributed by atoms with Gasteiger partial charge in [0.15, 0.2) is 0 Å². The van der Waals surface area contributed by atoms with E-state index in [1.54, 1.807) is 6.20 Å². The van der Waals surface area contributed by atoms with E-state index in [-0.39, 0.29) is 11.9 Å². The third-order valence-electron chi connectivity index (χ3n) is 3.34. The number of nitrogens with zero attached hydrogens (tertiary/aromatic N) is 4. The molecule has 1 amide bonds. The van der Waals surface area contributed by atoms with Crippen molar-refractivity contribution < 1.29 is 4.79 Å². The second-order valence-corrected chi connectivity index (χ2v) is 4.56. The summed E-state index contributed by atoms with van der Waals surface area (Å²) in [5.41, 5.74) is 1.81. The average molecular weight is 242 g/mol. The molecule has 1 fully saturated rings. The van der Waals surface area contributed by atoms with Crippen molar-refractivity contribution in [1.82, 2.24) is 19.9 Å². The first-order chi connectivity index (χ1) is 8.75. The zero-order chi connectivity index (χ0) is 12.5. The summed E-state index contributed by atoms with van der Waals surface area (Å²) >= 11 is 0. The molecule has 0 aliphatic carbocycles. The van der Waals surface area contributed by atoms with Gasteiger partial charge in [0.2, 0.25) is 0 Å². The van der Waals surface area contributed by atoms with Crippen molar-refractivity contribution in [3.05, 3.63) is 47.8 Å². The van der Waals surface area contributed by atoms with Crippen LogP contribution in [0.25, 0.3) is 0 Å². The summed E-state index contributed by atoms with van der Waals surface area (Å²) in [7, 11) is 0. The van der Waals surface area contributed by atoms with Gasteiger partial charge in [0, 0.05) is 24.8 Å². The third-order valence-corrected chi connectivity index (χ3v) is 3.34. The number of rotatable bonds is 2. The number of likely N-dealkylation sites (tertiary alicyclic amines) is 1. The van der Waals surface area contributed by atoms with E-state index in [2.05, 4.69) is 10.3 Å². The largest absolute Gasteiger partial charge is 0.334 e. The lowest BCUT2D eigenvalue weighted by Gasteiger charge is -2.39. The molecule has 18 heavy (non-hydrogen) atoms. The number of carbonyl (C=O) groups excluding carboxylic acids is 1. The van der Waals surface area contributed by atoms with Crippen LogP contribution in [0.4, 0.5) is 0 Å². The Balaban J connectivity index is 1.69. The smallest absolute Gasteiger partial charge is 0.254 e. The van der Waals surface area contributed by atoms with E-state index in [1.807, 2.05) is 47.0 Å². The lowest BCUT2D eigenvalue weighted by atomic mass is 10.0. The Morgan fingerprint density at radius 1 is 1.33 bits per heavy atom. The number of amides is 1. The summed E-state index contributed by atoms with van der Waals surface area (Å²) in [5.74, 6) is 0.101. The van der Waals surface area contributed by atoms with E-state index in [4.69, 9.17) is 0 Å². The average Bonchev–Trinajstić information content (AvgIpc) is 2.81. The molecule has 1 aliphatic rings. The Kier molecular flexibility index (Phi) is 2.59. The molecule has 1 aromatic carbocycles. The summed E-state index contributed by atoms with van der Waals surface area (Å²) < 4.78 is 1.81. The summed E-state index contributed by atoms with van der Waals surface area (Å²) in [6, 6.07) is 7.94. The molecule has 2 aromatic rings. The van der Waals surface area contributed by atoms with Crippen molar-refractivity contribution in [2.24, 2.45) is 0 Å². The minimum absolute atomic E-state index is 0.101. The van der Waals surface area contributed by atoms with Gasteiger partial charge in [-0.15, -0.1) is 5.10 Å². The Labute approximate surface area is 105 Å². The van der Waals surface area contributed by atoms with Crippen molar-refractivity contribution in [3.8, 4) is 0 Å². The second kappa shape index (κ2) is 4.25. The minimum Gasteiger partial charge on any atom is -0.334 e. The van der Waals surface area contributed by atoms with E-state index in [0.717, 1.165) is 11.1 Å². The molecule has 0 spiro atoms. The molecule has 5 heteroatoms. The zero-order valence-corrected chi connectivity index (χ0v) is 10.2. The first kappa shape index (κ1) is 11.0. The molecule has 0 saturated carbocycles. The number of carbonyl (C=O) groups is 1. The summed E-state index contributed by atoms with van der Waals surface area (Å²) in [4.78, 5) is 14.1. The van der Waals surface area contributed by atoms with Gasteiger partial charge in [0.1, 0.15) is 0 Å². The molecule has 0 radical (unpaired) electrons. The molecule has 0 atom stereocenters. The van der Waals surface area contributed by atoms with Crippen LogP contribution in [-0.2, 0) is 0 Å². The lowest BCUT2D eigenvalue weighted by molar-refractivity contribution is 0.0497. The highest BCUT2D eigenvalue weighted by molar-refractivity contribution is 5.96. The van der Waals surface area contributed by atoms with E-state index in [0.29, 0.717) is 13.1 Å². The summed E-state index contributed by atoms with van der Waals surface area (Å²) in [5, 5.41) is 7.73. The SMILES string of the molecule is Cc1ccccc1C(=O)N1CC(n2ccnn2)C1. The number of benzene rings is 1. The lowest BCUT2D eigenvalue weighted by Crippen LogP contribution is -2.51. The van der Waals surface area contributed by atoms with Crippen molar-refractivity contribution in [2.45, 2.75) is 13.0 Å². The highest BCUT2D eigenvalue weighted by Crippen LogP contribution is 2.23. The van der Waals surface area contributed by atoms with Crippen molar-refractivity contribution in [3.63, 3.8) is 0 Å². The zero-order valence-electron chi connectivity index (χ0n) is 10.2. The van der Waals surface area contributed by atoms with Gasteiger partial charge in [0.05, 0.1) is 12.2 Å². The normalized spacial score (nSPS) is 15.5. The van der Waals surface area contributed by atoms with Gasteiger partial charge in [-0.3, -0.25) is 4.79 Å². The fourth-order valence-corrected chi connectivity index (χ4v) is 2.18. The van der Waals surface area contributed by atoms with Gasteiger partial charge < -0.3 is 4.90 Å². The van der Waals surface area contributed by atoms with E-state index < -0.39 is 0 Å². The molecule has 0 bridgehead atoms. The molecule has 1 aromatic heterocycles. The highest BCUT2D eigenvalue weighted by atomic mass is 16.2. The number of hydrogen-bond donors (Lipinski definition) is 0. The maximum Gasteiger partial charge on any atom is 0.254 e. The second-order valence-electron chi connectivity index (χ2n) is 4.56. The monoisotopic (exact) mass is 242 g/mol. The Morgan fingerprint density at radius 3 is 2.78 bits per heavy atom. The molecular weight excluding hydrogens is 228 g/mol. The maximum absolute atomic E-state index is 12.2. The predicted molar refractivity (Wildman–Crippen MR) is 66.1 cm³/mol. The molecular formula is C13H14N4O. The van der Waals surface area contributed by atoms with Gasteiger partial charge in [0.25, 0.3) is 5.91 Å². The number of hydrogen-bond acceptors (Lipinski definition) is 3. The molecule has 0 N–H and O–H groups in total. The van der Waals surface area contributed by atoms with Gasteiger partial charge in [-0.25, -0.2) is 4.68 Å². The van der Waals surface area contributed by atoms with Gasteiger partial charge >= 0.3 is 0 Å². The quantitative estimate of drug-likeness (QED) is 0.797. The topological polar surface area (TPSA) is 51.0 Å². The van der Waals surface area contributed by atoms with Crippen LogP contribution >= 0.6 is 0 Å². The Hall–Kier alpha value is -2.17. The maximum atomic E-state index is 12.2. The number of aryl methyl sites for hydroxylation is 1. The van der Waals surface area contributed by atoms with Crippen molar-refractivity contribution in [1.29, 1.82) is 0 Å². The standard InChI is InChI=1S/C13H14N4O/c1-10-4-2-3-5-12(10)13(18)16-8-11(9-16)17-7-6-14-15-17/h2-7,11H,8-9H2,1H3. The Morgan fingerprint density at radius 2 is 2.11 bits per heavy atom. The fourth-order valence-electron chi connectivity index (χ4n) is 2.18. The van der Waals surface area contributed by atoms with E-state index >= 15 is 0 Å². The van der Waals surface area contributed by atoms with Crippen molar-refractivity contribution in [2.75, 3.05) is 13.1 Å². The van der Waals surface area contributed by atoms with Crippen LogP contribution < -0.4 is 0 Å². The summed E-state index contributed by atoms with van der Waals surface area (Å²) in [6.07, 6.45) is 3.49. The van der Waals surface area contributed by atoms with Crippen LogP contribution in [0.5, 0.6) is 0 Å². The molecule has 92 valence electrons. The van der Waals surface area contributed by atoms with Crippen LogP contribution in [0.1, 0.15) is 22.0 Å². The highest BCUT2D eigenvalue weighted by Gasteiger charge is 2.33. The molecule has 5 nitrogen and oxygen atoms in total. The molecule has 2 heterocycles. The first-order valence-electron chi connectivity index (χ1n) is 5.96. The molecule has 1 aliphatic heterocycles. The summed E-state index contributed by atoms with van der Waals surface area (Å²) in [6.45, 7) is 3.37. The minimum atomic E-state index is 0.101. The van der Waals surface area contributed by atoms with Crippen LogP contribution in [0, 0.1) is 6.92 Å². The first-order valence-corrected chi connectivity index (χ1v) is 5.96. The molecule has 0 unspecified atom stereocenters. The van der Waals surface area contributed by atoms with Crippen LogP contribution in [0.3, 0.4) is 0 Å². The van der Waals surface area contributed by atoms with Gasteiger partial charge in [-0.2, -0.15) is 0 Å². The van der Waals surface area contributed by atoms with E-state index in [9.17, 15) is 4.79 Å². The third kappa shape index (κ3) is 1.77. The fraction of sp³-hybridized carbons (Fsp3) is 0.308. The van der Waals surface area contributed by atoms with Crippen LogP contribution in [0.15, 0.2) is 36.7 Å². The predicted octanol–water partition coefficient (Wildman–Crippen LogP) is 1.28. The number of aromatic nitrogens is 3.